The Kier molecular flexibility index (Phi) is 4.31. The molecule has 0 aliphatic heterocycles. The minimum atomic E-state index is -1.07. The number of hydrogen-bond donors (Lipinski definition) is 1. The van der Waals surface area contributed by atoms with Crippen molar-refractivity contribution in [1.29, 1.82) is 0 Å². The maximum absolute atomic E-state index is 11.8. The summed E-state index contributed by atoms with van der Waals surface area (Å²) in [6.07, 6.45) is 0. The van der Waals surface area contributed by atoms with Crippen molar-refractivity contribution in [2.24, 2.45) is 0 Å². The molecule has 1 aromatic carbocycles. The van der Waals surface area contributed by atoms with Crippen LogP contribution in [0.15, 0.2) is 28.8 Å². The molecule has 3 aromatic rings. The predicted octanol–water partition coefficient (Wildman–Crippen LogP) is 3.73. The summed E-state index contributed by atoms with van der Waals surface area (Å²) in [4.78, 5) is 16.2. The molecule has 1 N–H and O–H groups in total. The van der Waals surface area contributed by atoms with Crippen LogP contribution in [0.1, 0.15) is 35.8 Å². The second-order valence-corrected chi connectivity index (χ2v) is 5.83. The van der Waals surface area contributed by atoms with Gasteiger partial charge in [-0.3, -0.25) is 0 Å². The first-order valence-corrected chi connectivity index (χ1v) is 7.72. The number of carbonyl (C=O) groups is 1. The SMILES string of the molecule is COc1ccc(OC)c(-c2cc(C(=O)O)c3c(C(C)C)noc3n2)c1. The zero-order valence-electron chi connectivity index (χ0n) is 14.4. The number of pyridine rings is 1. The maximum atomic E-state index is 11.8. The highest BCUT2D eigenvalue weighted by Gasteiger charge is 2.23. The largest absolute Gasteiger partial charge is 0.497 e. The average Bonchev–Trinajstić information content (AvgIpc) is 3.04. The Balaban J connectivity index is 2.30. The molecule has 0 radical (unpaired) electrons. The first kappa shape index (κ1) is 16.8. The van der Waals surface area contributed by atoms with Crippen LogP contribution in [0, 0.1) is 0 Å². The molecule has 0 aliphatic rings. The lowest BCUT2D eigenvalue weighted by molar-refractivity contribution is 0.0699. The van der Waals surface area contributed by atoms with E-state index in [4.69, 9.17) is 14.0 Å². The number of methoxy groups -OCH3 is 2. The highest BCUT2D eigenvalue weighted by Crippen LogP contribution is 2.36. The van der Waals surface area contributed by atoms with Crippen molar-refractivity contribution in [3.63, 3.8) is 0 Å². The first-order valence-electron chi connectivity index (χ1n) is 7.72. The molecule has 0 spiro atoms. The van der Waals surface area contributed by atoms with E-state index in [1.54, 1.807) is 25.3 Å². The van der Waals surface area contributed by atoms with E-state index < -0.39 is 5.97 Å². The minimum Gasteiger partial charge on any atom is -0.497 e. The number of fused-ring (bicyclic) bond motifs is 1. The zero-order valence-corrected chi connectivity index (χ0v) is 14.4. The van der Waals surface area contributed by atoms with Crippen molar-refractivity contribution >= 4 is 17.1 Å². The minimum absolute atomic E-state index is 0.0124. The van der Waals surface area contributed by atoms with Crippen LogP contribution in [-0.4, -0.2) is 35.4 Å². The highest BCUT2D eigenvalue weighted by molar-refractivity contribution is 6.03. The fourth-order valence-electron chi connectivity index (χ4n) is 2.69. The molecule has 0 amide bonds. The fraction of sp³-hybridized carbons (Fsp3) is 0.278. The third kappa shape index (κ3) is 2.88. The molecule has 0 atom stereocenters. The van der Waals surface area contributed by atoms with Gasteiger partial charge in [0.25, 0.3) is 5.71 Å². The van der Waals surface area contributed by atoms with Crippen molar-refractivity contribution in [2.75, 3.05) is 14.2 Å². The van der Waals surface area contributed by atoms with E-state index in [1.165, 1.54) is 13.2 Å². The molecule has 7 nitrogen and oxygen atoms in total. The summed E-state index contributed by atoms with van der Waals surface area (Å²) in [6, 6.07) is 6.73. The number of aromatic nitrogens is 2. The third-order valence-corrected chi connectivity index (χ3v) is 3.93. The summed E-state index contributed by atoms with van der Waals surface area (Å²) < 4.78 is 15.9. The standard InChI is InChI=1S/C18H18N2O5/c1-9(2)16-15-12(18(21)22)8-13(19-17(15)25-20-16)11-7-10(23-3)5-6-14(11)24-4/h5-9H,1-4H3,(H,21,22). The summed E-state index contributed by atoms with van der Waals surface area (Å²) >= 11 is 0. The van der Waals surface area contributed by atoms with Gasteiger partial charge >= 0.3 is 5.97 Å². The van der Waals surface area contributed by atoms with Gasteiger partial charge in [0.05, 0.1) is 36.6 Å². The number of carboxylic acid groups (broad SMARTS) is 1. The van der Waals surface area contributed by atoms with Gasteiger partial charge in [-0.25, -0.2) is 9.78 Å². The van der Waals surface area contributed by atoms with E-state index in [1.807, 2.05) is 13.8 Å². The van der Waals surface area contributed by atoms with Crippen molar-refractivity contribution in [3.8, 4) is 22.8 Å². The van der Waals surface area contributed by atoms with Crippen LogP contribution in [0.3, 0.4) is 0 Å². The van der Waals surface area contributed by atoms with Crippen LogP contribution in [0.4, 0.5) is 0 Å². The fourth-order valence-corrected chi connectivity index (χ4v) is 2.69. The van der Waals surface area contributed by atoms with Crippen molar-refractivity contribution in [3.05, 3.63) is 35.5 Å². The summed E-state index contributed by atoms with van der Waals surface area (Å²) in [5.74, 6) is 0.0987. The molecule has 3 rings (SSSR count). The van der Waals surface area contributed by atoms with E-state index in [0.29, 0.717) is 33.8 Å². The summed E-state index contributed by atoms with van der Waals surface area (Å²) in [7, 11) is 3.09. The number of ether oxygens (including phenoxy) is 2. The molecule has 0 fully saturated rings. The Morgan fingerprint density at radius 1 is 1.20 bits per heavy atom. The Morgan fingerprint density at radius 3 is 2.56 bits per heavy atom. The Labute approximate surface area is 144 Å². The molecule has 2 aromatic heterocycles. The van der Waals surface area contributed by atoms with Gasteiger partial charge < -0.3 is 19.1 Å². The van der Waals surface area contributed by atoms with Gasteiger partial charge in [0, 0.05) is 5.56 Å². The molecule has 0 aliphatic carbocycles. The normalized spacial score (nSPS) is 11.1. The molecule has 7 heteroatoms. The molecule has 25 heavy (non-hydrogen) atoms. The smallest absolute Gasteiger partial charge is 0.336 e. The van der Waals surface area contributed by atoms with E-state index in [0.717, 1.165) is 0 Å². The van der Waals surface area contributed by atoms with Crippen LogP contribution >= 0.6 is 0 Å². The van der Waals surface area contributed by atoms with Crippen LogP contribution in [-0.2, 0) is 0 Å². The topological polar surface area (TPSA) is 94.7 Å². The van der Waals surface area contributed by atoms with Gasteiger partial charge in [-0.1, -0.05) is 19.0 Å². The molecular weight excluding hydrogens is 324 g/mol. The number of carboxylic acids is 1. The van der Waals surface area contributed by atoms with Crippen molar-refractivity contribution in [2.45, 2.75) is 19.8 Å². The number of aromatic carboxylic acids is 1. The third-order valence-electron chi connectivity index (χ3n) is 3.93. The monoisotopic (exact) mass is 342 g/mol. The van der Waals surface area contributed by atoms with E-state index in [9.17, 15) is 9.90 Å². The summed E-state index contributed by atoms with van der Waals surface area (Å²) in [6.45, 7) is 3.84. The Bertz CT molecular complexity index is 946. The van der Waals surface area contributed by atoms with Crippen LogP contribution < -0.4 is 9.47 Å². The van der Waals surface area contributed by atoms with Crippen LogP contribution in [0.2, 0.25) is 0 Å². The zero-order chi connectivity index (χ0) is 18.1. The maximum Gasteiger partial charge on any atom is 0.336 e. The molecule has 0 saturated heterocycles. The van der Waals surface area contributed by atoms with E-state index in [2.05, 4.69) is 10.1 Å². The van der Waals surface area contributed by atoms with Crippen LogP contribution in [0.5, 0.6) is 11.5 Å². The number of nitrogens with zero attached hydrogens (tertiary/aromatic N) is 2. The molecule has 0 bridgehead atoms. The van der Waals surface area contributed by atoms with Crippen molar-refractivity contribution < 1.29 is 23.9 Å². The molecule has 130 valence electrons. The lowest BCUT2D eigenvalue weighted by Gasteiger charge is -2.11. The molecule has 0 unspecified atom stereocenters. The number of benzene rings is 1. The second kappa shape index (κ2) is 6.43. The lowest BCUT2D eigenvalue weighted by Crippen LogP contribution is -2.02. The summed E-state index contributed by atoms with van der Waals surface area (Å²) in [5.41, 5.74) is 1.86. The predicted molar refractivity (Wildman–Crippen MR) is 91.4 cm³/mol. The van der Waals surface area contributed by atoms with Crippen molar-refractivity contribution in [1.82, 2.24) is 10.1 Å². The van der Waals surface area contributed by atoms with Gasteiger partial charge in [0.15, 0.2) is 0 Å². The van der Waals surface area contributed by atoms with Gasteiger partial charge in [0.2, 0.25) is 0 Å². The highest BCUT2D eigenvalue weighted by atomic mass is 16.5. The molecule has 0 saturated carbocycles. The van der Waals surface area contributed by atoms with Gasteiger partial charge in [-0.2, -0.15) is 0 Å². The summed E-state index contributed by atoms with van der Waals surface area (Å²) in [5, 5.41) is 14.1. The van der Waals surface area contributed by atoms with Crippen LogP contribution in [0.25, 0.3) is 22.4 Å². The molecule has 2 heterocycles. The van der Waals surface area contributed by atoms with E-state index in [-0.39, 0.29) is 17.2 Å². The van der Waals surface area contributed by atoms with Gasteiger partial charge in [-0.15, -0.1) is 0 Å². The van der Waals surface area contributed by atoms with Gasteiger partial charge in [-0.05, 0) is 30.2 Å². The quantitative estimate of drug-likeness (QED) is 0.755. The molecular formula is C18H18N2O5. The Hall–Kier alpha value is -3.09. The lowest BCUT2D eigenvalue weighted by atomic mass is 10.0. The first-order chi connectivity index (χ1) is 12.0. The van der Waals surface area contributed by atoms with Gasteiger partial charge in [0.1, 0.15) is 11.5 Å². The second-order valence-electron chi connectivity index (χ2n) is 5.83. The number of rotatable bonds is 5. The Morgan fingerprint density at radius 2 is 1.96 bits per heavy atom. The number of hydrogen-bond acceptors (Lipinski definition) is 6. The average molecular weight is 342 g/mol. The van der Waals surface area contributed by atoms with E-state index >= 15 is 0 Å².